The van der Waals surface area contributed by atoms with Gasteiger partial charge in [0.15, 0.2) is 0 Å². The number of nitrogens with zero attached hydrogens (tertiary/aromatic N) is 2. The predicted molar refractivity (Wildman–Crippen MR) is 160 cm³/mol. The summed E-state index contributed by atoms with van der Waals surface area (Å²) in [6.45, 7) is 4.24. The monoisotopic (exact) mass is 613 g/mol. The van der Waals surface area contributed by atoms with Crippen LogP contribution in [-0.2, 0) is 32.6 Å². The van der Waals surface area contributed by atoms with Gasteiger partial charge in [-0.3, -0.25) is 13.9 Å². The van der Waals surface area contributed by atoms with Crippen molar-refractivity contribution in [3.8, 4) is 0 Å². The molecule has 7 nitrogen and oxygen atoms in total. The number of unbranched alkanes of at least 4 members (excludes halogenated alkanes) is 1. The third-order valence-corrected chi connectivity index (χ3v) is 8.17. The van der Waals surface area contributed by atoms with Crippen LogP contribution < -0.4 is 9.62 Å². The van der Waals surface area contributed by atoms with E-state index in [1.807, 2.05) is 68.4 Å². The molecule has 0 heterocycles. The van der Waals surface area contributed by atoms with E-state index in [0.29, 0.717) is 23.1 Å². The van der Waals surface area contributed by atoms with Gasteiger partial charge in [0.1, 0.15) is 12.6 Å². The maximum absolute atomic E-state index is 14.0. The molecule has 3 aromatic carbocycles. The zero-order valence-electron chi connectivity index (χ0n) is 22.6. The molecule has 1 N–H and O–H groups in total. The van der Waals surface area contributed by atoms with Gasteiger partial charge in [0.25, 0.3) is 0 Å². The molecule has 0 aliphatic rings. The Morgan fingerprint density at radius 2 is 1.56 bits per heavy atom. The molecule has 3 aromatic rings. The number of nitrogens with one attached hydrogen (secondary N) is 1. The molecular formula is C30H36BrN3O4S. The van der Waals surface area contributed by atoms with Crippen LogP contribution >= 0.6 is 15.9 Å². The number of para-hydroxylation sites is 1. The van der Waals surface area contributed by atoms with Gasteiger partial charge in [-0.2, -0.15) is 0 Å². The van der Waals surface area contributed by atoms with Gasteiger partial charge in [0.05, 0.1) is 11.9 Å². The number of rotatable bonds is 13. The molecule has 0 bridgehead atoms. The molecular weight excluding hydrogens is 578 g/mol. The van der Waals surface area contributed by atoms with Crippen molar-refractivity contribution in [3.63, 3.8) is 0 Å². The van der Waals surface area contributed by atoms with Crippen molar-refractivity contribution in [1.29, 1.82) is 0 Å². The molecule has 0 spiro atoms. The van der Waals surface area contributed by atoms with E-state index in [0.717, 1.165) is 40.1 Å². The summed E-state index contributed by atoms with van der Waals surface area (Å²) in [6.07, 6.45) is 3.11. The Bertz CT molecular complexity index is 1350. The van der Waals surface area contributed by atoms with Gasteiger partial charge in [-0.25, -0.2) is 8.42 Å². The summed E-state index contributed by atoms with van der Waals surface area (Å²) < 4.78 is 27.4. The Morgan fingerprint density at radius 1 is 0.923 bits per heavy atom. The average molecular weight is 615 g/mol. The number of hydrogen-bond acceptors (Lipinski definition) is 4. The molecule has 3 rings (SSSR count). The lowest BCUT2D eigenvalue weighted by molar-refractivity contribution is -0.140. The summed E-state index contributed by atoms with van der Waals surface area (Å²) in [4.78, 5) is 29.1. The predicted octanol–water partition coefficient (Wildman–Crippen LogP) is 5.08. The number of halogens is 1. The molecule has 0 aliphatic heterocycles. The molecule has 0 unspecified atom stereocenters. The number of sulfonamides is 1. The average Bonchev–Trinajstić information content (AvgIpc) is 2.91. The maximum Gasteiger partial charge on any atom is 0.244 e. The number of anilines is 1. The van der Waals surface area contributed by atoms with Crippen LogP contribution in [0, 0.1) is 6.92 Å². The van der Waals surface area contributed by atoms with Crippen LogP contribution in [0.4, 0.5) is 5.69 Å². The minimum atomic E-state index is -3.81. The van der Waals surface area contributed by atoms with E-state index in [1.165, 1.54) is 4.90 Å². The smallest absolute Gasteiger partial charge is 0.244 e. The lowest BCUT2D eigenvalue weighted by Crippen LogP contribution is -2.53. The fourth-order valence-electron chi connectivity index (χ4n) is 4.20. The summed E-state index contributed by atoms with van der Waals surface area (Å²) >= 11 is 3.41. The van der Waals surface area contributed by atoms with Crippen molar-refractivity contribution in [2.45, 2.75) is 45.7 Å². The number of aryl methyl sites for hydroxylation is 1. The first kappa shape index (κ1) is 30.4. The fraction of sp³-hybridized carbons (Fsp3) is 0.333. The molecule has 0 radical (unpaired) electrons. The van der Waals surface area contributed by atoms with E-state index in [1.54, 1.807) is 24.3 Å². The second-order valence-electron chi connectivity index (χ2n) is 9.58. The summed E-state index contributed by atoms with van der Waals surface area (Å²) in [5, 5.41) is 2.99. The van der Waals surface area contributed by atoms with Crippen LogP contribution in [0.25, 0.3) is 0 Å². The van der Waals surface area contributed by atoms with Crippen molar-refractivity contribution >= 4 is 43.5 Å². The zero-order chi connectivity index (χ0) is 28.4. The maximum atomic E-state index is 14.0. The van der Waals surface area contributed by atoms with Gasteiger partial charge in [-0.15, -0.1) is 0 Å². The van der Waals surface area contributed by atoms with E-state index in [9.17, 15) is 18.0 Å². The third-order valence-electron chi connectivity index (χ3n) is 6.37. The number of benzene rings is 3. The van der Waals surface area contributed by atoms with Crippen LogP contribution in [0.1, 0.15) is 36.5 Å². The van der Waals surface area contributed by atoms with E-state index in [4.69, 9.17) is 0 Å². The van der Waals surface area contributed by atoms with Crippen LogP contribution in [0.3, 0.4) is 0 Å². The zero-order valence-corrected chi connectivity index (χ0v) is 25.0. The van der Waals surface area contributed by atoms with Gasteiger partial charge >= 0.3 is 0 Å². The molecule has 39 heavy (non-hydrogen) atoms. The summed E-state index contributed by atoms with van der Waals surface area (Å²) in [6, 6.07) is 23.3. The van der Waals surface area contributed by atoms with E-state index in [2.05, 4.69) is 21.2 Å². The Morgan fingerprint density at radius 3 is 2.18 bits per heavy atom. The minimum absolute atomic E-state index is 0.158. The second-order valence-corrected chi connectivity index (χ2v) is 12.3. The Hall–Kier alpha value is -3.17. The Kier molecular flexibility index (Phi) is 11.1. The number of amides is 2. The van der Waals surface area contributed by atoms with Gasteiger partial charge in [0.2, 0.25) is 21.8 Å². The number of carbonyl (C=O) groups is 2. The van der Waals surface area contributed by atoms with Crippen LogP contribution in [0.2, 0.25) is 0 Å². The Labute approximate surface area is 240 Å². The van der Waals surface area contributed by atoms with Crippen molar-refractivity contribution in [1.82, 2.24) is 10.2 Å². The largest absolute Gasteiger partial charge is 0.354 e. The van der Waals surface area contributed by atoms with Crippen LogP contribution in [0.5, 0.6) is 0 Å². The quantitative estimate of drug-likeness (QED) is 0.272. The molecule has 1 atom stereocenters. The SMILES string of the molecule is CCCCNC(=O)[C@H](Cc1ccccc1)N(Cc1ccc(C)cc1)C(=O)CN(c1ccccc1Br)S(C)(=O)=O. The van der Waals surface area contributed by atoms with Crippen LogP contribution in [-0.4, -0.2) is 50.5 Å². The van der Waals surface area contributed by atoms with E-state index >= 15 is 0 Å². The molecule has 0 saturated carbocycles. The number of carbonyl (C=O) groups excluding carboxylic acids is 2. The molecule has 0 aromatic heterocycles. The second kappa shape index (κ2) is 14.3. The molecule has 0 aliphatic carbocycles. The highest BCUT2D eigenvalue weighted by atomic mass is 79.9. The molecule has 9 heteroatoms. The first-order chi connectivity index (χ1) is 18.6. The fourth-order valence-corrected chi connectivity index (χ4v) is 5.68. The number of hydrogen-bond donors (Lipinski definition) is 1. The molecule has 0 saturated heterocycles. The molecule has 2 amide bonds. The topological polar surface area (TPSA) is 86.8 Å². The summed E-state index contributed by atoms with van der Waals surface area (Å²) in [5.74, 6) is -0.733. The highest BCUT2D eigenvalue weighted by molar-refractivity contribution is 9.10. The minimum Gasteiger partial charge on any atom is -0.354 e. The normalized spacial score (nSPS) is 12.0. The van der Waals surface area contributed by atoms with Crippen molar-refractivity contribution < 1.29 is 18.0 Å². The van der Waals surface area contributed by atoms with Crippen molar-refractivity contribution in [2.24, 2.45) is 0 Å². The first-order valence-corrected chi connectivity index (χ1v) is 15.6. The van der Waals surface area contributed by atoms with Gasteiger partial charge < -0.3 is 10.2 Å². The van der Waals surface area contributed by atoms with E-state index < -0.39 is 28.5 Å². The highest BCUT2D eigenvalue weighted by Crippen LogP contribution is 2.28. The van der Waals surface area contributed by atoms with Crippen LogP contribution in [0.15, 0.2) is 83.3 Å². The van der Waals surface area contributed by atoms with E-state index in [-0.39, 0.29) is 12.5 Å². The van der Waals surface area contributed by atoms with Crippen molar-refractivity contribution in [2.75, 3.05) is 23.7 Å². The highest BCUT2D eigenvalue weighted by Gasteiger charge is 2.33. The summed E-state index contributed by atoms with van der Waals surface area (Å²) in [5.41, 5.74) is 3.18. The van der Waals surface area contributed by atoms with Gasteiger partial charge in [0, 0.05) is 24.0 Å². The lowest BCUT2D eigenvalue weighted by Gasteiger charge is -2.33. The first-order valence-electron chi connectivity index (χ1n) is 13.0. The standard InChI is InChI=1S/C30H36BrN3O4S/c1-4-5-19-32-30(36)28(20-24-11-7-6-8-12-24)33(21-25-17-15-23(2)16-18-25)29(35)22-34(39(3,37)38)27-14-10-9-13-26(27)31/h6-18,28H,4-5,19-22H2,1-3H3,(H,32,36)/t28-/m0/s1. The Balaban J connectivity index is 2.03. The molecule has 0 fully saturated rings. The third kappa shape index (κ3) is 8.93. The van der Waals surface area contributed by atoms with Gasteiger partial charge in [-0.1, -0.05) is 85.6 Å². The van der Waals surface area contributed by atoms with Crippen molar-refractivity contribution in [3.05, 3.63) is 100 Å². The lowest BCUT2D eigenvalue weighted by atomic mass is 10.0. The summed E-state index contributed by atoms with van der Waals surface area (Å²) in [7, 11) is -3.81. The molecule has 208 valence electrons. The van der Waals surface area contributed by atoms with Gasteiger partial charge in [-0.05, 0) is 52.5 Å².